The number of hydrogen-bond donors (Lipinski definition) is 0. The van der Waals surface area contributed by atoms with Crippen molar-refractivity contribution < 1.29 is 18.7 Å². The highest BCUT2D eigenvalue weighted by Crippen LogP contribution is 2.61. The molecule has 166 valence electrons. The number of ether oxygens (including phenoxy) is 2. The maximum absolute atomic E-state index is 12.0. The Balaban J connectivity index is 1.61. The van der Waals surface area contributed by atoms with Crippen molar-refractivity contribution in [1.29, 1.82) is 0 Å². The van der Waals surface area contributed by atoms with Gasteiger partial charge in [0.15, 0.2) is 0 Å². The molecule has 0 unspecified atom stereocenters. The first-order chi connectivity index (χ1) is 14.6. The minimum Gasteiger partial charge on any atom is -0.492 e. The molecule has 0 spiro atoms. The number of rotatable bonds is 4. The topological polar surface area (TPSA) is 65.7 Å². The van der Waals surface area contributed by atoms with Gasteiger partial charge in [-0.2, -0.15) is 0 Å². The molecular weight excluding hydrogens is 392 g/mol. The van der Waals surface area contributed by atoms with Gasteiger partial charge in [0, 0.05) is 18.3 Å². The van der Waals surface area contributed by atoms with Gasteiger partial charge in [-0.15, -0.1) is 0 Å². The number of carbonyl (C=O) groups is 1. The Kier molecular flexibility index (Phi) is 5.48. The van der Waals surface area contributed by atoms with Crippen LogP contribution in [0.5, 0.6) is 5.75 Å². The second-order valence-electron chi connectivity index (χ2n) is 10.0. The number of carbonyl (C=O) groups excluding carboxylic acids is 1. The minimum absolute atomic E-state index is 0.00919. The first kappa shape index (κ1) is 21.7. The van der Waals surface area contributed by atoms with Gasteiger partial charge in [-0.05, 0) is 49.1 Å². The van der Waals surface area contributed by atoms with Crippen LogP contribution in [-0.2, 0) is 9.53 Å². The Bertz CT molecular complexity index is 1060. The van der Waals surface area contributed by atoms with Gasteiger partial charge in [0.2, 0.25) is 0 Å². The lowest BCUT2D eigenvalue weighted by Gasteiger charge is -2.59. The third-order valence-corrected chi connectivity index (χ3v) is 7.84. The van der Waals surface area contributed by atoms with Crippen molar-refractivity contribution in [3.63, 3.8) is 0 Å². The van der Waals surface area contributed by atoms with Crippen LogP contribution in [0.15, 0.2) is 51.7 Å². The molecule has 2 saturated carbocycles. The highest BCUT2D eigenvalue weighted by Gasteiger charge is 2.57. The van der Waals surface area contributed by atoms with E-state index < -0.39 is 5.63 Å². The van der Waals surface area contributed by atoms with Crippen molar-refractivity contribution in [2.45, 2.75) is 59.5 Å². The summed E-state index contributed by atoms with van der Waals surface area (Å²) < 4.78 is 17.3. The average molecular weight is 425 g/mol. The summed E-state index contributed by atoms with van der Waals surface area (Å²) in [6.07, 6.45) is 3.68. The second kappa shape index (κ2) is 7.85. The van der Waals surface area contributed by atoms with Crippen molar-refractivity contribution in [2.24, 2.45) is 22.7 Å². The van der Waals surface area contributed by atoms with Crippen molar-refractivity contribution in [2.75, 3.05) is 6.61 Å². The van der Waals surface area contributed by atoms with Gasteiger partial charge in [-0.1, -0.05) is 45.1 Å². The van der Waals surface area contributed by atoms with Crippen molar-refractivity contribution in [3.8, 4) is 5.75 Å². The quantitative estimate of drug-likeness (QED) is 0.368. The van der Waals surface area contributed by atoms with Crippen LogP contribution in [0.4, 0.5) is 0 Å². The number of hydrogen-bond acceptors (Lipinski definition) is 5. The van der Waals surface area contributed by atoms with E-state index in [1.54, 1.807) is 6.07 Å². The predicted octanol–water partition coefficient (Wildman–Crippen LogP) is 5.51. The van der Waals surface area contributed by atoms with Gasteiger partial charge >= 0.3 is 11.6 Å². The summed E-state index contributed by atoms with van der Waals surface area (Å²) in [4.78, 5) is 23.7. The fourth-order valence-electron chi connectivity index (χ4n) is 6.25. The van der Waals surface area contributed by atoms with E-state index in [0.717, 1.165) is 31.1 Å². The number of benzene rings is 1. The Labute approximate surface area is 183 Å². The molecule has 5 nitrogen and oxygen atoms in total. The van der Waals surface area contributed by atoms with Gasteiger partial charge in [0.1, 0.15) is 17.4 Å². The number of para-hydroxylation sites is 1. The Morgan fingerprint density at radius 1 is 1.23 bits per heavy atom. The van der Waals surface area contributed by atoms with Crippen LogP contribution in [0, 0.1) is 22.7 Å². The van der Waals surface area contributed by atoms with Crippen LogP contribution in [0.25, 0.3) is 11.0 Å². The standard InChI is InChI=1S/C26H32O5/c1-16-10-11-22-25(3,4)23(30-17(2)27)12-13-26(22,5)19(16)15-29-21-14-24(28)31-20-9-7-6-8-18(20)21/h6-9,14,19,22-23H,1,10-13,15H2,2-5H3/t19-,22-,23-,26+/m1/s1. The monoisotopic (exact) mass is 424 g/mol. The molecule has 1 aromatic heterocycles. The van der Waals surface area contributed by atoms with Gasteiger partial charge < -0.3 is 13.9 Å². The van der Waals surface area contributed by atoms with Crippen LogP contribution >= 0.6 is 0 Å². The van der Waals surface area contributed by atoms with Gasteiger partial charge in [-0.25, -0.2) is 4.79 Å². The van der Waals surface area contributed by atoms with E-state index in [1.807, 2.05) is 18.2 Å². The number of fused-ring (bicyclic) bond motifs is 2. The van der Waals surface area contributed by atoms with E-state index in [1.165, 1.54) is 18.6 Å². The molecule has 0 N–H and O–H groups in total. The first-order valence-electron chi connectivity index (χ1n) is 11.1. The minimum atomic E-state index is -0.414. The van der Waals surface area contributed by atoms with Crippen LogP contribution < -0.4 is 10.4 Å². The summed E-state index contributed by atoms with van der Waals surface area (Å²) in [5.41, 5.74) is 1.18. The predicted molar refractivity (Wildman–Crippen MR) is 120 cm³/mol. The van der Waals surface area contributed by atoms with Crippen LogP contribution in [-0.4, -0.2) is 18.7 Å². The van der Waals surface area contributed by atoms with E-state index >= 15 is 0 Å². The summed E-state index contributed by atoms with van der Waals surface area (Å²) in [5, 5.41) is 0.795. The fraction of sp³-hybridized carbons (Fsp3) is 0.538. The van der Waals surface area contributed by atoms with Crippen molar-refractivity contribution in [1.82, 2.24) is 0 Å². The normalized spacial score (nSPS) is 29.9. The molecule has 2 fully saturated rings. The van der Waals surface area contributed by atoms with E-state index in [-0.39, 0.29) is 28.8 Å². The van der Waals surface area contributed by atoms with Crippen molar-refractivity contribution >= 4 is 16.9 Å². The van der Waals surface area contributed by atoms with Crippen LogP contribution in [0.2, 0.25) is 0 Å². The summed E-state index contributed by atoms with van der Waals surface area (Å²) in [6, 6.07) is 8.86. The molecule has 1 heterocycles. The van der Waals surface area contributed by atoms with E-state index in [9.17, 15) is 9.59 Å². The van der Waals surface area contributed by atoms with E-state index in [4.69, 9.17) is 13.9 Å². The maximum atomic E-state index is 12.0. The van der Waals surface area contributed by atoms with Crippen molar-refractivity contribution in [3.05, 3.63) is 52.9 Å². The summed E-state index contributed by atoms with van der Waals surface area (Å²) >= 11 is 0. The second-order valence-corrected chi connectivity index (χ2v) is 10.0. The smallest absolute Gasteiger partial charge is 0.339 e. The van der Waals surface area contributed by atoms with E-state index in [0.29, 0.717) is 23.9 Å². The zero-order chi connectivity index (χ0) is 22.4. The Morgan fingerprint density at radius 3 is 2.71 bits per heavy atom. The zero-order valence-electron chi connectivity index (χ0n) is 18.9. The summed E-state index contributed by atoms with van der Waals surface area (Å²) in [5.74, 6) is 0.888. The summed E-state index contributed by atoms with van der Waals surface area (Å²) in [6.45, 7) is 13.1. The Morgan fingerprint density at radius 2 is 1.97 bits per heavy atom. The van der Waals surface area contributed by atoms with Crippen LogP contribution in [0.3, 0.4) is 0 Å². The molecule has 31 heavy (non-hydrogen) atoms. The lowest BCUT2D eigenvalue weighted by molar-refractivity contribution is -0.175. The molecule has 4 rings (SSSR count). The molecular formula is C26H32O5. The highest BCUT2D eigenvalue weighted by molar-refractivity contribution is 5.82. The molecule has 4 atom stereocenters. The van der Waals surface area contributed by atoms with Gasteiger partial charge in [0.25, 0.3) is 0 Å². The SMILES string of the molecule is C=C1CC[C@@H]2C(C)(C)[C@H](OC(C)=O)CC[C@@]2(C)[C@@H]1COc1cc(=O)oc2ccccc12. The third kappa shape index (κ3) is 3.79. The molecule has 0 bridgehead atoms. The third-order valence-electron chi connectivity index (χ3n) is 7.84. The maximum Gasteiger partial charge on any atom is 0.339 e. The first-order valence-corrected chi connectivity index (χ1v) is 11.1. The van der Waals surface area contributed by atoms with Gasteiger partial charge in [0.05, 0.1) is 18.1 Å². The lowest BCUT2D eigenvalue weighted by Crippen LogP contribution is -2.56. The largest absolute Gasteiger partial charge is 0.492 e. The Hall–Kier alpha value is -2.56. The molecule has 0 amide bonds. The molecule has 5 heteroatoms. The molecule has 2 aromatic rings. The molecule has 0 radical (unpaired) electrons. The molecule has 0 aliphatic heterocycles. The fourth-order valence-corrected chi connectivity index (χ4v) is 6.25. The molecule has 2 aliphatic rings. The van der Waals surface area contributed by atoms with E-state index in [2.05, 4.69) is 27.4 Å². The zero-order valence-corrected chi connectivity index (χ0v) is 18.9. The molecule has 1 aromatic carbocycles. The molecule has 2 aliphatic carbocycles. The molecule has 0 saturated heterocycles. The lowest BCUT2D eigenvalue weighted by atomic mass is 9.47. The highest BCUT2D eigenvalue weighted by atomic mass is 16.5. The van der Waals surface area contributed by atoms with Gasteiger partial charge in [-0.3, -0.25) is 4.79 Å². The number of esters is 1. The summed E-state index contributed by atoms with van der Waals surface area (Å²) in [7, 11) is 0. The average Bonchev–Trinajstić information content (AvgIpc) is 2.69. The van der Waals surface area contributed by atoms with Crippen LogP contribution in [0.1, 0.15) is 53.4 Å².